The van der Waals surface area contributed by atoms with Gasteiger partial charge in [0.1, 0.15) is 11.5 Å². The lowest BCUT2D eigenvalue weighted by Gasteiger charge is -2.12. The van der Waals surface area contributed by atoms with Crippen molar-refractivity contribution < 1.29 is 18.7 Å². The number of hydrogen-bond donors (Lipinski definition) is 2. The molecule has 0 saturated heterocycles. The van der Waals surface area contributed by atoms with E-state index in [0.717, 1.165) is 5.56 Å². The van der Waals surface area contributed by atoms with E-state index in [4.69, 9.17) is 9.15 Å². The van der Waals surface area contributed by atoms with Gasteiger partial charge < -0.3 is 19.8 Å². The van der Waals surface area contributed by atoms with E-state index in [1.807, 2.05) is 30.3 Å². The minimum absolute atomic E-state index is 0.135. The third kappa shape index (κ3) is 4.62. The van der Waals surface area contributed by atoms with Gasteiger partial charge in [-0.1, -0.05) is 42.5 Å². The SMILES string of the molecule is CNC(=O)COc1cccc(NC(=O)c2cccc3c(=O)c(C)c(-c4ccccc4)oc23)c1. The fourth-order valence-corrected chi connectivity index (χ4v) is 3.44. The maximum Gasteiger partial charge on any atom is 0.259 e. The number of likely N-dealkylation sites (N-methyl/N-ethyl adjacent to an activating group) is 1. The van der Waals surface area contributed by atoms with Crippen LogP contribution >= 0.6 is 0 Å². The number of para-hydroxylation sites is 1. The largest absolute Gasteiger partial charge is 0.484 e. The molecule has 7 heteroatoms. The zero-order valence-electron chi connectivity index (χ0n) is 18.2. The van der Waals surface area contributed by atoms with Gasteiger partial charge in [-0.15, -0.1) is 0 Å². The Morgan fingerprint density at radius 1 is 0.970 bits per heavy atom. The van der Waals surface area contributed by atoms with Crippen molar-refractivity contribution in [2.75, 3.05) is 19.0 Å². The molecule has 0 radical (unpaired) electrons. The second kappa shape index (κ2) is 9.40. The summed E-state index contributed by atoms with van der Waals surface area (Å²) in [5, 5.41) is 5.62. The highest BCUT2D eigenvalue weighted by Gasteiger charge is 2.18. The molecule has 4 aromatic rings. The Morgan fingerprint density at radius 2 is 1.73 bits per heavy atom. The van der Waals surface area contributed by atoms with E-state index < -0.39 is 5.91 Å². The fourth-order valence-electron chi connectivity index (χ4n) is 3.44. The number of amides is 2. The highest BCUT2D eigenvalue weighted by atomic mass is 16.5. The van der Waals surface area contributed by atoms with Crippen LogP contribution < -0.4 is 20.8 Å². The molecule has 0 unspecified atom stereocenters. The summed E-state index contributed by atoms with van der Waals surface area (Å²) in [7, 11) is 1.52. The number of rotatable bonds is 6. The van der Waals surface area contributed by atoms with Gasteiger partial charge in [0.25, 0.3) is 11.8 Å². The maximum absolute atomic E-state index is 13.1. The molecule has 0 fully saturated rings. The Labute approximate surface area is 190 Å². The predicted molar refractivity (Wildman–Crippen MR) is 127 cm³/mol. The molecular weight excluding hydrogens is 420 g/mol. The Hall–Kier alpha value is -4.39. The van der Waals surface area contributed by atoms with E-state index in [2.05, 4.69) is 10.6 Å². The Balaban J connectivity index is 1.69. The van der Waals surface area contributed by atoms with Crippen molar-refractivity contribution in [1.29, 1.82) is 0 Å². The van der Waals surface area contributed by atoms with Gasteiger partial charge >= 0.3 is 0 Å². The normalized spacial score (nSPS) is 10.6. The van der Waals surface area contributed by atoms with Gasteiger partial charge in [-0.3, -0.25) is 14.4 Å². The third-order valence-electron chi connectivity index (χ3n) is 5.17. The van der Waals surface area contributed by atoms with Crippen LogP contribution in [0.1, 0.15) is 15.9 Å². The lowest BCUT2D eigenvalue weighted by Crippen LogP contribution is -2.24. The summed E-state index contributed by atoms with van der Waals surface area (Å²) in [5.74, 6) is 0.163. The molecule has 0 spiro atoms. The van der Waals surface area contributed by atoms with Crippen LogP contribution in [0, 0.1) is 6.92 Å². The molecule has 0 saturated carbocycles. The van der Waals surface area contributed by atoms with Crippen molar-refractivity contribution in [1.82, 2.24) is 5.32 Å². The summed E-state index contributed by atoms with van der Waals surface area (Å²) < 4.78 is 11.5. The molecule has 33 heavy (non-hydrogen) atoms. The molecule has 2 amide bonds. The van der Waals surface area contributed by atoms with Crippen molar-refractivity contribution in [3.05, 3.63) is 94.1 Å². The molecule has 0 aliphatic rings. The molecule has 2 N–H and O–H groups in total. The van der Waals surface area contributed by atoms with Gasteiger partial charge in [-0.05, 0) is 31.2 Å². The summed E-state index contributed by atoms with van der Waals surface area (Å²) in [6, 6.07) is 20.9. The fraction of sp³-hybridized carbons (Fsp3) is 0.115. The van der Waals surface area contributed by atoms with Gasteiger partial charge in [0, 0.05) is 29.9 Å². The molecule has 7 nitrogen and oxygen atoms in total. The van der Waals surface area contributed by atoms with Crippen LogP contribution in [-0.4, -0.2) is 25.5 Å². The first-order valence-corrected chi connectivity index (χ1v) is 10.3. The van der Waals surface area contributed by atoms with Crippen molar-refractivity contribution in [3.8, 4) is 17.1 Å². The monoisotopic (exact) mass is 442 g/mol. The second-order valence-electron chi connectivity index (χ2n) is 7.38. The van der Waals surface area contributed by atoms with Crippen molar-refractivity contribution >= 4 is 28.5 Å². The summed E-state index contributed by atoms with van der Waals surface area (Å²) >= 11 is 0. The molecule has 4 rings (SSSR count). The number of nitrogens with one attached hydrogen (secondary N) is 2. The molecule has 1 heterocycles. The van der Waals surface area contributed by atoms with Crippen molar-refractivity contribution in [2.45, 2.75) is 6.92 Å². The van der Waals surface area contributed by atoms with Crippen LogP contribution in [0.5, 0.6) is 5.75 Å². The summed E-state index contributed by atoms with van der Waals surface area (Å²) in [6.07, 6.45) is 0. The average Bonchev–Trinajstić information content (AvgIpc) is 2.85. The van der Waals surface area contributed by atoms with Crippen LogP contribution in [0.4, 0.5) is 5.69 Å². The Bertz CT molecular complexity index is 1390. The summed E-state index contributed by atoms with van der Waals surface area (Å²) in [4.78, 5) is 37.5. The molecule has 0 atom stereocenters. The molecule has 1 aromatic heterocycles. The first-order chi connectivity index (χ1) is 16.0. The van der Waals surface area contributed by atoms with E-state index in [0.29, 0.717) is 28.1 Å². The molecule has 3 aromatic carbocycles. The van der Waals surface area contributed by atoms with E-state index in [1.54, 1.807) is 49.4 Å². The summed E-state index contributed by atoms with van der Waals surface area (Å²) in [5.41, 5.74) is 1.98. The summed E-state index contributed by atoms with van der Waals surface area (Å²) in [6.45, 7) is 1.58. The highest BCUT2D eigenvalue weighted by molar-refractivity contribution is 6.11. The van der Waals surface area contributed by atoms with E-state index in [1.165, 1.54) is 7.05 Å². The van der Waals surface area contributed by atoms with Gasteiger partial charge in [-0.2, -0.15) is 0 Å². The topological polar surface area (TPSA) is 97.6 Å². The Kier molecular flexibility index (Phi) is 6.22. The molecule has 0 aliphatic carbocycles. The van der Waals surface area contributed by atoms with E-state index in [9.17, 15) is 14.4 Å². The van der Waals surface area contributed by atoms with Gasteiger partial charge in [-0.25, -0.2) is 0 Å². The van der Waals surface area contributed by atoms with Crippen molar-refractivity contribution in [3.63, 3.8) is 0 Å². The number of anilines is 1. The number of carbonyl (C=O) groups excluding carboxylic acids is 2. The van der Waals surface area contributed by atoms with Gasteiger partial charge in [0.2, 0.25) is 0 Å². The smallest absolute Gasteiger partial charge is 0.259 e. The Morgan fingerprint density at radius 3 is 2.48 bits per heavy atom. The minimum atomic E-state index is -0.435. The molecule has 166 valence electrons. The van der Waals surface area contributed by atoms with E-state index >= 15 is 0 Å². The standard InChI is InChI=1S/C26H22N2O5/c1-16-23(30)20-12-7-13-21(25(20)33-24(16)17-8-4-3-5-9-17)26(31)28-18-10-6-11-19(14-18)32-15-22(29)27-2/h3-14H,15H2,1-2H3,(H,27,29)(H,28,31). The number of hydrogen-bond acceptors (Lipinski definition) is 5. The van der Waals surface area contributed by atoms with E-state index in [-0.39, 0.29) is 29.1 Å². The first kappa shape index (κ1) is 21.8. The number of fused-ring (bicyclic) bond motifs is 1. The zero-order valence-corrected chi connectivity index (χ0v) is 18.2. The number of benzene rings is 3. The lowest BCUT2D eigenvalue weighted by molar-refractivity contribution is -0.122. The minimum Gasteiger partial charge on any atom is -0.484 e. The molecule has 0 aliphatic heterocycles. The molecular formula is C26H22N2O5. The lowest BCUT2D eigenvalue weighted by atomic mass is 10.0. The highest BCUT2D eigenvalue weighted by Crippen LogP contribution is 2.28. The maximum atomic E-state index is 13.1. The van der Waals surface area contributed by atoms with Crippen LogP contribution in [0.3, 0.4) is 0 Å². The van der Waals surface area contributed by atoms with Crippen molar-refractivity contribution in [2.24, 2.45) is 0 Å². The van der Waals surface area contributed by atoms with Crippen LogP contribution in [0.2, 0.25) is 0 Å². The zero-order chi connectivity index (χ0) is 23.4. The predicted octanol–water partition coefficient (Wildman–Crippen LogP) is 4.15. The van der Waals surface area contributed by atoms with Crippen LogP contribution in [-0.2, 0) is 4.79 Å². The quantitative estimate of drug-likeness (QED) is 0.468. The van der Waals surface area contributed by atoms with Crippen LogP contribution in [0.15, 0.2) is 82.0 Å². The van der Waals surface area contributed by atoms with Gasteiger partial charge in [0.05, 0.1) is 10.9 Å². The third-order valence-corrected chi connectivity index (χ3v) is 5.17. The molecule has 0 bridgehead atoms. The number of carbonyl (C=O) groups is 2. The van der Waals surface area contributed by atoms with Gasteiger partial charge in [0.15, 0.2) is 17.6 Å². The first-order valence-electron chi connectivity index (χ1n) is 10.3. The second-order valence-corrected chi connectivity index (χ2v) is 7.38. The average molecular weight is 442 g/mol. The van der Waals surface area contributed by atoms with Crippen LogP contribution in [0.25, 0.3) is 22.3 Å². The number of ether oxygens (including phenoxy) is 1.